The zero-order valence-electron chi connectivity index (χ0n) is 28.5. The molecule has 0 aliphatic carbocycles. The van der Waals surface area contributed by atoms with Crippen molar-refractivity contribution in [1.29, 1.82) is 0 Å². The zero-order chi connectivity index (χ0) is 33.7. The van der Waals surface area contributed by atoms with Crippen molar-refractivity contribution >= 4 is 32.4 Å². The molecule has 0 fully saturated rings. The molecule has 1 aliphatic rings. The lowest BCUT2D eigenvalue weighted by atomic mass is 9.93. The Balaban J connectivity index is 1.53. The van der Waals surface area contributed by atoms with Crippen molar-refractivity contribution < 1.29 is 14.7 Å². The van der Waals surface area contributed by atoms with E-state index in [1.807, 2.05) is 72.9 Å². The van der Waals surface area contributed by atoms with E-state index < -0.39 is 0 Å². The van der Waals surface area contributed by atoms with Gasteiger partial charge in [-0.05, 0) is 75.4 Å². The number of aryl methyl sites for hydroxylation is 3. The third-order valence-corrected chi connectivity index (χ3v) is 10.5. The van der Waals surface area contributed by atoms with Gasteiger partial charge in [-0.25, -0.2) is 4.68 Å². The van der Waals surface area contributed by atoms with Gasteiger partial charge in [0.2, 0.25) is 9.68 Å². The van der Waals surface area contributed by atoms with Gasteiger partial charge in [-0.1, -0.05) is 51.0 Å². The number of benzene rings is 2. The third-order valence-electron chi connectivity index (χ3n) is 9.08. The second kappa shape index (κ2) is 15.1. The van der Waals surface area contributed by atoms with Gasteiger partial charge in [-0.15, -0.1) is 0 Å². The van der Waals surface area contributed by atoms with E-state index in [2.05, 4.69) is 36.9 Å². The molecule has 47 heavy (non-hydrogen) atoms. The molecular weight excluding hydrogens is 607 g/mol. The highest BCUT2D eigenvalue weighted by Crippen LogP contribution is 2.29. The molecule has 4 aromatic rings. The van der Waals surface area contributed by atoms with Crippen LogP contribution in [-0.2, 0) is 20.0 Å². The number of carbonyl (C=O) groups excluding carboxylic acids is 2. The highest BCUT2D eigenvalue weighted by Gasteiger charge is 2.32. The zero-order valence-corrected chi connectivity index (χ0v) is 29.5. The van der Waals surface area contributed by atoms with Crippen LogP contribution in [-0.4, -0.2) is 81.7 Å². The van der Waals surface area contributed by atoms with Crippen molar-refractivity contribution in [2.45, 2.75) is 79.3 Å². The molecule has 0 saturated heterocycles. The standard InChI is InChI=1S/C36H47N7O3Si/c1-7-9-17-41(18-10-8-2)36(46)32-19-24(3)43(38-32)33-16-15-29(39-47-34-25(4)37-40(6)26(34)5)21-31(33)35(45)42-22-28-14-12-11-13-27(28)20-30(42)23-44/h11-16,19,21,30,39,44H,7-10,17-18,20,22-23H2,1-6H3/t30-/m0/s1. The Bertz CT molecular complexity index is 1720. The maximum atomic E-state index is 14.6. The molecule has 0 spiro atoms. The second-order valence-corrected chi connectivity index (χ2v) is 13.5. The summed E-state index contributed by atoms with van der Waals surface area (Å²) < 4.78 is 3.59. The number of nitrogens with one attached hydrogen (secondary N) is 1. The molecule has 2 aromatic heterocycles. The van der Waals surface area contributed by atoms with Crippen LogP contribution >= 0.6 is 0 Å². The van der Waals surface area contributed by atoms with Crippen LogP contribution in [0.1, 0.15) is 88.6 Å². The van der Waals surface area contributed by atoms with Gasteiger partial charge in [-0.2, -0.15) is 10.2 Å². The first-order valence-corrected chi connectivity index (χ1v) is 17.7. The number of aliphatic hydroxyl groups excluding tert-OH is 1. The van der Waals surface area contributed by atoms with Crippen LogP contribution in [0.3, 0.4) is 0 Å². The lowest BCUT2D eigenvalue weighted by Gasteiger charge is -2.36. The summed E-state index contributed by atoms with van der Waals surface area (Å²) in [4.78, 5) is 35.4. The van der Waals surface area contributed by atoms with Crippen molar-refractivity contribution in [2.75, 3.05) is 24.7 Å². The van der Waals surface area contributed by atoms with Crippen LogP contribution < -0.4 is 10.2 Å². The fourth-order valence-corrected chi connectivity index (χ4v) is 7.20. The Labute approximate surface area is 280 Å². The summed E-state index contributed by atoms with van der Waals surface area (Å²) in [7, 11) is 2.19. The number of aliphatic hydroxyl groups is 1. The minimum Gasteiger partial charge on any atom is -0.408 e. The highest BCUT2D eigenvalue weighted by molar-refractivity contribution is 6.57. The summed E-state index contributed by atoms with van der Waals surface area (Å²) in [6.07, 6.45) is 4.46. The van der Waals surface area contributed by atoms with Gasteiger partial charge >= 0.3 is 0 Å². The number of unbranched alkanes of at least 4 members (excludes halogenated alkanes) is 2. The molecule has 10 nitrogen and oxygen atoms in total. The number of anilines is 1. The smallest absolute Gasteiger partial charge is 0.274 e. The van der Waals surface area contributed by atoms with E-state index in [0.29, 0.717) is 43.0 Å². The van der Waals surface area contributed by atoms with E-state index in [1.165, 1.54) is 0 Å². The third kappa shape index (κ3) is 7.36. The van der Waals surface area contributed by atoms with Crippen LogP contribution in [0.25, 0.3) is 5.69 Å². The quantitative estimate of drug-likeness (QED) is 0.206. The molecule has 1 atom stereocenters. The average Bonchev–Trinajstić information content (AvgIpc) is 3.58. The molecule has 5 rings (SSSR count). The number of hydrogen-bond donors (Lipinski definition) is 2. The van der Waals surface area contributed by atoms with Crippen LogP contribution in [0.15, 0.2) is 48.5 Å². The number of rotatable bonds is 13. The Morgan fingerprint density at radius 3 is 2.34 bits per heavy atom. The summed E-state index contributed by atoms with van der Waals surface area (Å²) in [6, 6.07) is 15.3. The number of carbonyl (C=O) groups is 2. The normalized spacial score (nSPS) is 14.3. The van der Waals surface area contributed by atoms with Crippen LogP contribution in [0.5, 0.6) is 0 Å². The van der Waals surface area contributed by atoms with Crippen LogP contribution in [0.4, 0.5) is 5.69 Å². The number of hydrogen-bond acceptors (Lipinski definition) is 6. The van der Waals surface area contributed by atoms with Gasteiger partial charge in [-0.3, -0.25) is 14.3 Å². The molecule has 2 aromatic carbocycles. The van der Waals surface area contributed by atoms with Crippen molar-refractivity contribution in [3.05, 3.63) is 88.0 Å². The molecule has 0 saturated carbocycles. The molecule has 2 N–H and O–H groups in total. The van der Waals surface area contributed by atoms with Gasteiger partial charge in [0.05, 0.1) is 29.6 Å². The molecule has 2 amide bonds. The largest absolute Gasteiger partial charge is 0.408 e. The number of nitrogens with zero attached hydrogens (tertiary/aromatic N) is 6. The SMILES string of the molecule is CCCCN(CCCC)C(=O)c1cc(C)n(-c2ccc(N[Si]c3c(C)nn(C)c3C)cc2C(=O)N2Cc3ccccc3C[C@H]2CO)n1. The van der Waals surface area contributed by atoms with Gasteiger partial charge in [0, 0.05) is 48.9 Å². The Hall–Kier alpha value is -4.22. The van der Waals surface area contributed by atoms with Gasteiger partial charge in [0.1, 0.15) is 0 Å². The summed E-state index contributed by atoms with van der Waals surface area (Å²) in [5.74, 6) is -0.277. The molecule has 11 heteroatoms. The topological polar surface area (TPSA) is 109 Å². The monoisotopic (exact) mass is 653 g/mol. The minimum atomic E-state index is -0.356. The van der Waals surface area contributed by atoms with Gasteiger partial charge in [0.15, 0.2) is 5.69 Å². The summed E-state index contributed by atoms with van der Waals surface area (Å²) in [5.41, 5.74) is 7.27. The molecule has 0 bridgehead atoms. The molecule has 248 valence electrons. The van der Waals surface area contributed by atoms with Crippen LogP contribution in [0.2, 0.25) is 0 Å². The van der Waals surface area contributed by atoms with E-state index >= 15 is 0 Å². The van der Waals surface area contributed by atoms with Gasteiger partial charge in [0.25, 0.3) is 11.8 Å². The van der Waals surface area contributed by atoms with Crippen molar-refractivity contribution in [3.8, 4) is 5.69 Å². The van der Waals surface area contributed by atoms with E-state index in [1.54, 1.807) is 9.58 Å². The van der Waals surface area contributed by atoms with Crippen molar-refractivity contribution in [1.82, 2.24) is 29.4 Å². The number of amides is 2. The predicted octanol–water partition coefficient (Wildman–Crippen LogP) is 4.49. The fraction of sp³-hybridized carbons (Fsp3) is 0.444. The number of aromatic nitrogens is 4. The Morgan fingerprint density at radius 1 is 1.00 bits per heavy atom. The minimum absolute atomic E-state index is 0.0868. The van der Waals surface area contributed by atoms with Gasteiger partial charge < -0.3 is 19.9 Å². The average molecular weight is 654 g/mol. The van der Waals surface area contributed by atoms with E-state index in [4.69, 9.17) is 5.10 Å². The maximum absolute atomic E-state index is 14.6. The summed E-state index contributed by atoms with van der Waals surface area (Å²) in [5, 5.41) is 20.9. The molecule has 3 heterocycles. The first-order chi connectivity index (χ1) is 22.7. The molecule has 1 aliphatic heterocycles. The van der Waals surface area contributed by atoms with E-state index in [-0.39, 0.29) is 34.1 Å². The lowest BCUT2D eigenvalue weighted by Crippen LogP contribution is -2.46. The summed E-state index contributed by atoms with van der Waals surface area (Å²) in [6.45, 7) is 11.9. The van der Waals surface area contributed by atoms with Crippen molar-refractivity contribution in [2.24, 2.45) is 7.05 Å². The maximum Gasteiger partial charge on any atom is 0.274 e. The lowest BCUT2D eigenvalue weighted by molar-refractivity contribution is 0.0544. The molecule has 0 unspecified atom stereocenters. The predicted molar refractivity (Wildman–Crippen MR) is 187 cm³/mol. The van der Waals surface area contributed by atoms with E-state index in [9.17, 15) is 14.7 Å². The fourth-order valence-electron chi connectivity index (χ4n) is 6.20. The van der Waals surface area contributed by atoms with Crippen molar-refractivity contribution in [3.63, 3.8) is 0 Å². The molecular formula is C36H47N7O3Si. The van der Waals surface area contributed by atoms with E-state index in [0.717, 1.165) is 64.8 Å². The number of fused-ring (bicyclic) bond motifs is 1. The van der Waals surface area contributed by atoms with Crippen LogP contribution in [0, 0.1) is 20.8 Å². The first kappa shape index (κ1) is 34.1. The Kier molecular flexibility index (Phi) is 11.0. The second-order valence-electron chi connectivity index (χ2n) is 12.5. The Morgan fingerprint density at radius 2 is 1.70 bits per heavy atom. The summed E-state index contributed by atoms with van der Waals surface area (Å²) >= 11 is 0. The first-order valence-electron chi connectivity index (χ1n) is 16.7. The molecule has 2 radical (unpaired) electrons. The highest BCUT2D eigenvalue weighted by atomic mass is 28.2.